The molecule has 0 atom stereocenters. The van der Waals surface area contributed by atoms with Gasteiger partial charge in [0.1, 0.15) is 5.82 Å². The van der Waals surface area contributed by atoms with Crippen LogP contribution in [0, 0.1) is 5.82 Å². The number of rotatable bonds is 6. The highest BCUT2D eigenvalue weighted by Crippen LogP contribution is 2.50. The first kappa shape index (κ1) is 30.8. The summed E-state index contributed by atoms with van der Waals surface area (Å²) < 4.78 is 14.4. The van der Waals surface area contributed by atoms with Crippen LogP contribution >= 0.6 is 0 Å². The zero-order valence-corrected chi connectivity index (χ0v) is 28.6. The van der Waals surface area contributed by atoms with E-state index in [0.29, 0.717) is 0 Å². The summed E-state index contributed by atoms with van der Waals surface area (Å²) in [6, 6.07) is 63.5. The molecule has 0 aliphatic heterocycles. The molecule has 1 aliphatic carbocycles. The Bertz CT molecular complexity index is 2540. The van der Waals surface area contributed by atoms with Crippen molar-refractivity contribution in [2.24, 2.45) is 0 Å². The van der Waals surface area contributed by atoms with Gasteiger partial charge in [0.2, 0.25) is 0 Å². The summed E-state index contributed by atoms with van der Waals surface area (Å²) in [5, 5.41) is 2.24. The molecule has 8 aromatic rings. The summed E-state index contributed by atoms with van der Waals surface area (Å²) in [6.07, 6.45) is 0. The first-order chi connectivity index (χ1) is 25.0. The molecule has 0 saturated carbocycles. The van der Waals surface area contributed by atoms with Crippen molar-refractivity contribution in [2.45, 2.75) is 19.3 Å². The highest BCUT2D eigenvalue weighted by atomic mass is 19.1. The van der Waals surface area contributed by atoms with E-state index in [1.807, 2.05) is 12.1 Å². The number of benzene rings is 8. The fraction of sp³-hybridized carbons (Fsp3) is 0.0612. The van der Waals surface area contributed by atoms with Crippen LogP contribution in [0.4, 0.5) is 21.5 Å². The van der Waals surface area contributed by atoms with Gasteiger partial charge in [0, 0.05) is 22.5 Å². The summed E-state index contributed by atoms with van der Waals surface area (Å²) in [5.74, 6) is -0.234. The van der Waals surface area contributed by atoms with Crippen LogP contribution in [0.25, 0.3) is 55.3 Å². The summed E-state index contributed by atoms with van der Waals surface area (Å²) in [5.41, 5.74) is 15.0. The summed E-state index contributed by atoms with van der Waals surface area (Å²) in [6.45, 7) is 4.66. The second kappa shape index (κ2) is 12.3. The highest BCUT2D eigenvalue weighted by molar-refractivity contribution is 6.06. The number of anilines is 3. The van der Waals surface area contributed by atoms with E-state index in [1.54, 1.807) is 12.1 Å². The molecule has 0 unspecified atom stereocenters. The lowest BCUT2D eigenvalue weighted by atomic mass is 9.82. The SMILES string of the molecule is CC1(C)c2ccccc2-c2ccc(N(c3ccc(-c4ccccc4)cc3)c3ccc(-c4cccc5cccc(-c6cccc(F)c6)c45)cc3)cc21. The molecule has 0 amide bonds. The number of hydrogen-bond donors (Lipinski definition) is 0. The van der Waals surface area contributed by atoms with Gasteiger partial charge in [-0.2, -0.15) is 0 Å². The largest absolute Gasteiger partial charge is 0.310 e. The summed E-state index contributed by atoms with van der Waals surface area (Å²) in [7, 11) is 0. The van der Waals surface area contributed by atoms with Gasteiger partial charge in [0.15, 0.2) is 0 Å². The van der Waals surface area contributed by atoms with E-state index in [1.165, 1.54) is 39.4 Å². The van der Waals surface area contributed by atoms with Crippen LogP contribution in [-0.2, 0) is 5.41 Å². The molecule has 9 rings (SSSR count). The molecule has 0 saturated heterocycles. The maximum Gasteiger partial charge on any atom is 0.123 e. The van der Waals surface area contributed by atoms with Crippen LogP contribution in [-0.4, -0.2) is 0 Å². The highest BCUT2D eigenvalue weighted by Gasteiger charge is 2.35. The van der Waals surface area contributed by atoms with Gasteiger partial charge in [-0.05, 0) is 115 Å². The zero-order valence-electron chi connectivity index (χ0n) is 28.6. The molecule has 0 heterocycles. The third-order valence-corrected chi connectivity index (χ3v) is 10.5. The van der Waals surface area contributed by atoms with Gasteiger partial charge in [-0.25, -0.2) is 4.39 Å². The lowest BCUT2D eigenvalue weighted by Gasteiger charge is -2.28. The third-order valence-electron chi connectivity index (χ3n) is 10.5. The van der Waals surface area contributed by atoms with E-state index in [2.05, 4.69) is 170 Å². The van der Waals surface area contributed by atoms with Gasteiger partial charge in [-0.3, -0.25) is 0 Å². The third kappa shape index (κ3) is 5.32. The molecular formula is C49H36FN. The van der Waals surface area contributed by atoms with Gasteiger partial charge in [0.05, 0.1) is 0 Å². The normalized spacial score (nSPS) is 12.8. The molecule has 8 aromatic carbocycles. The summed E-state index contributed by atoms with van der Waals surface area (Å²) >= 11 is 0. The van der Waals surface area contributed by atoms with Gasteiger partial charge in [-0.15, -0.1) is 0 Å². The van der Waals surface area contributed by atoms with Crippen molar-refractivity contribution < 1.29 is 4.39 Å². The Morgan fingerprint density at radius 1 is 0.392 bits per heavy atom. The minimum atomic E-state index is -0.234. The fourth-order valence-corrected chi connectivity index (χ4v) is 7.98. The van der Waals surface area contributed by atoms with E-state index in [4.69, 9.17) is 0 Å². The van der Waals surface area contributed by atoms with Crippen molar-refractivity contribution in [3.63, 3.8) is 0 Å². The van der Waals surface area contributed by atoms with Crippen molar-refractivity contribution in [1.29, 1.82) is 0 Å². The Hall–Kier alpha value is -6.25. The molecular weight excluding hydrogens is 622 g/mol. The van der Waals surface area contributed by atoms with E-state index < -0.39 is 0 Å². The molecule has 0 bridgehead atoms. The average Bonchev–Trinajstić information content (AvgIpc) is 3.41. The van der Waals surface area contributed by atoms with E-state index in [9.17, 15) is 4.39 Å². The Balaban J connectivity index is 1.16. The monoisotopic (exact) mass is 657 g/mol. The van der Waals surface area contributed by atoms with Crippen molar-refractivity contribution in [3.05, 3.63) is 199 Å². The maximum absolute atomic E-state index is 14.4. The van der Waals surface area contributed by atoms with Crippen molar-refractivity contribution in [3.8, 4) is 44.5 Å². The van der Waals surface area contributed by atoms with Crippen LogP contribution in [0.2, 0.25) is 0 Å². The van der Waals surface area contributed by atoms with Crippen molar-refractivity contribution in [1.82, 2.24) is 0 Å². The van der Waals surface area contributed by atoms with Gasteiger partial charge < -0.3 is 4.90 Å². The van der Waals surface area contributed by atoms with Crippen molar-refractivity contribution >= 4 is 27.8 Å². The van der Waals surface area contributed by atoms with E-state index in [0.717, 1.165) is 50.1 Å². The molecule has 0 spiro atoms. The molecule has 0 N–H and O–H groups in total. The number of fused-ring (bicyclic) bond motifs is 4. The van der Waals surface area contributed by atoms with Crippen LogP contribution in [0.1, 0.15) is 25.0 Å². The number of halogens is 1. The smallest absolute Gasteiger partial charge is 0.123 e. The molecule has 0 aromatic heterocycles. The Morgan fingerprint density at radius 3 is 1.63 bits per heavy atom. The predicted octanol–water partition coefficient (Wildman–Crippen LogP) is 13.8. The Labute approximate surface area is 298 Å². The minimum Gasteiger partial charge on any atom is -0.310 e. The van der Waals surface area contributed by atoms with E-state index >= 15 is 0 Å². The minimum absolute atomic E-state index is 0.109. The topological polar surface area (TPSA) is 3.24 Å². The molecule has 1 nitrogen and oxygen atoms in total. The first-order valence-electron chi connectivity index (χ1n) is 17.5. The Kier molecular flexibility index (Phi) is 7.40. The van der Waals surface area contributed by atoms with Crippen LogP contribution < -0.4 is 4.90 Å². The second-order valence-corrected chi connectivity index (χ2v) is 13.9. The average molecular weight is 658 g/mol. The van der Waals surface area contributed by atoms with Crippen LogP contribution in [0.5, 0.6) is 0 Å². The molecule has 51 heavy (non-hydrogen) atoms. The molecule has 2 heteroatoms. The number of nitrogens with zero attached hydrogens (tertiary/aromatic N) is 1. The summed E-state index contributed by atoms with van der Waals surface area (Å²) in [4.78, 5) is 2.36. The lowest BCUT2D eigenvalue weighted by Crippen LogP contribution is -2.16. The quantitative estimate of drug-likeness (QED) is 0.172. The molecule has 0 radical (unpaired) electrons. The maximum atomic E-state index is 14.4. The fourth-order valence-electron chi connectivity index (χ4n) is 7.98. The first-order valence-corrected chi connectivity index (χ1v) is 17.5. The number of hydrogen-bond acceptors (Lipinski definition) is 1. The Morgan fingerprint density at radius 2 is 0.922 bits per heavy atom. The van der Waals surface area contributed by atoms with Gasteiger partial charge >= 0.3 is 0 Å². The van der Waals surface area contributed by atoms with Crippen LogP contribution in [0.3, 0.4) is 0 Å². The molecule has 1 aliphatic rings. The standard InChI is InChI=1S/C49H36FN/c1-49(2)46-20-7-6-17-44(46)45-30-29-41(32-47(45)49)51(39-25-21-34(22-26-39)33-11-4-3-5-12-33)40-27-23-35(24-28-40)42-18-9-13-36-14-10-19-43(48(36)42)37-15-8-16-38(50)31-37/h3-32H,1-2H3. The predicted molar refractivity (Wildman–Crippen MR) is 212 cm³/mol. The zero-order chi connectivity index (χ0) is 34.5. The van der Waals surface area contributed by atoms with Gasteiger partial charge in [-0.1, -0.05) is 147 Å². The molecule has 0 fully saturated rings. The van der Waals surface area contributed by atoms with Crippen LogP contribution in [0.15, 0.2) is 182 Å². The lowest BCUT2D eigenvalue weighted by molar-refractivity contribution is 0.628. The second-order valence-electron chi connectivity index (χ2n) is 13.9. The molecule has 244 valence electrons. The van der Waals surface area contributed by atoms with Gasteiger partial charge in [0.25, 0.3) is 0 Å². The van der Waals surface area contributed by atoms with E-state index in [-0.39, 0.29) is 11.2 Å². The van der Waals surface area contributed by atoms with Crippen molar-refractivity contribution in [2.75, 3.05) is 4.90 Å².